The molecule has 3 nitrogen and oxygen atoms in total. The number of primary amides is 1. The van der Waals surface area contributed by atoms with Gasteiger partial charge >= 0.3 is 0 Å². The quantitative estimate of drug-likeness (QED) is 0.550. The summed E-state index contributed by atoms with van der Waals surface area (Å²) in [5.74, 6) is -0.577. The Kier molecular flexibility index (Phi) is 2.50. The summed E-state index contributed by atoms with van der Waals surface area (Å²) >= 11 is 0. The van der Waals surface area contributed by atoms with Gasteiger partial charge in [-0.05, 0) is 5.56 Å². The lowest BCUT2D eigenvalue weighted by Gasteiger charge is -2.04. The average Bonchev–Trinajstić information content (AvgIpc) is 2.04. The highest BCUT2D eigenvalue weighted by Crippen LogP contribution is 2.05. The first-order chi connectivity index (χ1) is 5.65. The lowest BCUT2D eigenvalue weighted by molar-refractivity contribution is 0.0997. The van der Waals surface area contributed by atoms with Crippen LogP contribution < -0.4 is 11.2 Å². The predicted octanol–water partition coefficient (Wildman–Crippen LogP) is -0.928. The van der Waals surface area contributed by atoms with Crippen LogP contribution in [0.25, 0.3) is 0 Å². The lowest BCUT2D eigenvalue weighted by Crippen LogP contribution is -2.17. The fraction of sp³-hybridized carbons (Fsp3) is 0.125. The molecule has 12 heavy (non-hydrogen) atoms. The van der Waals surface area contributed by atoms with Crippen molar-refractivity contribution in [1.82, 2.24) is 0 Å². The minimum absolute atomic E-state index is 0.210. The fourth-order valence-electron chi connectivity index (χ4n) is 0.961. The van der Waals surface area contributed by atoms with E-state index in [9.17, 15) is 4.79 Å². The summed E-state index contributed by atoms with van der Waals surface area (Å²) in [5, 5.41) is 8.81. The molecule has 0 bridgehead atoms. The van der Waals surface area contributed by atoms with Crippen LogP contribution in [0.2, 0.25) is 0 Å². The zero-order chi connectivity index (χ0) is 9.14. The van der Waals surface area contributed by atoms with E-state index in [0.717, 1.165) is 0 Å². The Bertz CT molecular complexity index is 312. The highest BCUT2D eigenvalue weighted by Gasteiger charge is 2.06. The van der Waals surface area contributed by atoms with Crippen molar-refractivity contribution in [3.8, 4) is 0 Å². The van der Waals surface area contributed by atoms with E-state index in [1.54, 1.807) is 12.1 Å². The Morgan fingerprint density at radius 2 is 2.25 bits per heavy atom. The minimum atomic E-state index is -0.577. The molecular formula is C8H8BNO2. The van der Waals surface area contributed by atoms with Gasteiger partial charge in [-0.3, -0.25) is 4.79 Å². The summed E-state index contributed by atoms with van der Waals surface area (Å²) < 4.78 is 0. The summed E-state index contributed by atoms with van der Waals surface area (Å²) in [6.07, 6.45) is 0. The van der Waals surface area contributed by atoms with E-state index in [0.29, 0.717) is 11.0 Å². The molecule has 0 aromatic heterocycles. The Hall–Kier alpha value is -1.29. The Morgan fingerprint density at radius 1 is 1.58 bits per heavy atom. The maximum absolute atomic E-state index is 10.8. The van der Waals surface area contributed by atoms with E-state index >= 15 is 0 Å². The first-order valence-electron chi connectivity index (χ1n) is 3.44. The number of nitrogens with two attached hydrogens (primary N) is 1. The van der Waals surface area contributed by atoms with E-state index in [4.69, 9.17) is 18.7 Å². The molecule has 0 heterocycles. The first kappa shape index (κ1) is 8.81. The summed E-state index contributed by atoms with van der Waals surface area (Å²) in [4.78, 5) is 10.8. The van der Waals surface area contributed by atoms with Crippen LogP contribution in [0.1, 0.15) is 15.9 Å². The number of aliphatic hydroxyl groups excluding tert-OH is 1. The number of benzene rings is 1. The predicted molar refractivity (Wildman–Crippen MR) is 46.3 cm³/mol. The van der Waals surface area contributed by atoms with Gasteiger partial charge in [-0.1, -0.05) is 23.7 Å². The van der Waals surface area contributed by atoms with Crippen molar-refractivity contribution in [3.05, 3.63) is 29.3 Å². The smallest absolute Gasteiger partial charge is 0.249 e. The van der Waals surface area contributed by atoms with Gasteiger partial charge < -0.3 is 10.8 Å². The highest BCUT2D eigenvalue weighted by atomic mass is 16.3. The topological polar surface area (TPSA) is 63.3 Å². The largest absolute Gasteiger partial charge is 0.392 e. The maximum atomic E-state index is 10.8. The van der Waals surface area contributed by atoms with Crippen LogP contribution in [0.15, 0.2) is 18.2 Å². The van der Waals surface area contributed by atoms with Crippen LogP contribution >= 0.6 is 0 Å². The number of aliphatic hydroxyl groups is 1. The van der Waals surface area contributed by atoms with Crippen LogP contribution in [0, 0.1) is 0 Å². The van der Waals surface area contributed by atoms with Crippen LogP contribution in [-0.4, -0.2) is 18.9 Å². The van der Waals surface area contributed by atoms with Gasteiger partial charge in [-0.25, -0.2) is 0 Å². The summed E-state index contributed by atoms with van der Waals surface area (Å²) in [5.41, 5.74) is 6.29. The normalized spacial score (nSPS) is 9.75. The van der Waals surface area contributed by atoms with Crippen LogP contribution in [0.5, 0.6) is 0 Å². The van der Waals surface area contributed by atoms with Gasteiger partial charge in [0.25, 0.3) is 0 Å². The average molecular weight is 161 g/mol. The summed E-state index contributed by atoms with van der Waals surface area (Å²) in [6.45, 7) is -0.210. The van der Waals surface area contributed by atoms with Gasteiger partial charge in [0, 0.05) is 5.56 Å². The molecule has 0 aliphatic carbocycles. The maximum Gasteiger partial charge on any atom is 0.249 e. The van der Waals surface area contributed by atoms with E-state index < -0.39 is 5.91 Å². The van der Waals surface area contributed by atoms with Gasteiger partial charge in [0.15, 0.2) is 0 Å². The SMILES string of the molecule is [B]c1ccc(CO)c(C(N)=O)c1. The van der Waals surface area contributed by atoms with Crippen molar-refractivity contribution in [2.45, 2.75) is 6.61 Å². The lowest BCUT2D eigenvalue weighted by atomic mass is 9.92. The first-order valence-corrected chi connectivity index (χ1v) is 3.44. The van der Waals surface area contributed by atoms with Gasteiger partial charge in [0.05, 0.1) is 6.61 Å². The number of rotatable bonds is 2. The summed E-state index contributed by atoms with van der Waals surface area (Å²) in [7, 11) is 5.43. The van der Waals surface area contributed by atoms with Crippen LogP contribution in [-0.2, 0) is 6.61 Å². The van der Waals surface area contributed by atoms with Crippen molar-refractivity contribution >= 4 is 19.2 Å². The van der Waals surface area contributed by atoms with Crippen LogP contribution in [0.3, 0.4) is 0 Å². The second-order valence-electron chi connectivity index (χ2n) is 2.44. The molecular weight excluding hydrogens is 153 g/mol. The molecule has 1 aromatic carbocycles. The molecule has 3 N–H and O–H groups in total. The molecule has 0 saturated heterocycles. The second kappa shape index (κ2) is 3.41. The standard InChI is InChI=1S/C8H8BNO2/c9-6-2-1-5(4-11)7(3-6)8(10)12/h1-3,11H,4H2,(H2,10,12). The molecule has 1 amide bonds. The van der Waals surface area contributed by atoms with Gasteiger partial charge in [0.2, 0.25) is 5.91 Å². The molecule has 4 heteroatoms. The molecule has 0 aliphatic rings. The van der Waals surface area contributed by atoms with Crippen molar-refractivity contribution in [2.24, 2.45) is 5.73 Å². The van der Waals surface area contributed by atoms with Gasteiger partial charge in [0.1, 0.15) is 7.85 Å². The summed E-state index contributed by atoms with van der Waals surface area (Å²) in [6, 6.07) is 4.64. The molecule has 0 saturated carbocycles. The van der Waals surface area contributed by atoms with Crippen molar-refractivity contribution in [2.75, 3.05) is 0 Å². The Balaban J connectivity index is 3.21. The van der Waals surface area contributed by atoms with Crippen molar-refractivity contribution < 1.29 is 9.90 Å². The molecule has 0 atom stereocenters. The molecule has 1 rings (SSSR count). The van der Waals surface area contributed by atoms with E-state index in [2.05, 4.69) is 0 Å². The molecule has 0 fully saturated rings. The van der Waals surface area contributed by atoms with Gasteiger partial charge in [-0.2, -0.15) is 0 Å². The molecule has 0 spiro atoms. The fourth-order valence-corrected chi connectivity index (χ4v) is 0.961. The Labute approximate surface area is 71.6 Å². The zero-order valence-electron chi connectivity index (χ0n) is 6.45. The molecule has 0 aliphatic heterocycles. The Morgan fingerprint density at radius 3 is 2.75 bits per heavy atom. The molecule has 0 unspecified atom stereocenters. The third-order valence-electron chi connectivity index (χ3n) is 1.57. The van der Waals surface area contributed by atoms with E-state index in [1.807, 2.05) is 0 Å². The number of hydrogen-bond acceptors (Lipinski definition) is 2. The van der Waals surface area contributed by atoms with E-state index in [1.165, 1.54) is 6.07 Å². The monoisotopic (exact) mass is 161 g/mol. The third-order valence-corrected chi connectivity index (χ3v) is 1.57. The highest BCUT2D eigenvalue weighted by molar-refractivity contribution is 6.32. The number of amides is 1. The number of carbonyl (C=O) groups is 1. The zero-order valence-corrected chi connectivity index (χ0v) is 6.45. The van der Waals surface area contributed by atoms with E-state index in [-0.39, 0.29) is 12.2 Å². The molecule has 2 radical (unpaired) electrons. The van der Waals surface area contributed by atoms with Gasteiger partial charge in [-0.15, -0.1) is 0 Å². The van der Waals surface area contributed by atoms with Crippen LogP contribution in [0.4, 0.5) is 0 Å². The van der Waals surface area contributed by atoms with Crippen molar-refractivity contribution in [3.63, 3.8) is 0 Å². The molecule has 60 valence electrons. The van der Waals surface area contributed by atoms with Crippen molar-refractivity contribution in [1.29, 1.82) is 0 Å². The third kappa shape index (κ3) is 1.65. The number of carbonyl (C=O) groups excluding carboxylic acids is 1. The molecule has 1 aromatic rings. The second-order valence-corrected chi connectivity index (χ2v) is 2.44. The number of hydrogen-bond donors (Lipinski definition) is 2. The minimum Gasteiger partial charge on any atom is -0.392 e.